The number of esters is 1. The van der Waals surface area contributed by atoms with Gasteiger partial charge in [-0.25, -0.2) is 4.98 Å². The molecule has 3 aliphatic rings. The maximum absolute atomic E-state index is 13.0. The number of rotatable bonds is 10. The molecule has 0 spiro atoms. The van der Waals surface area contributed by atoms with Crippen molar-refractivity contribution < 1.29 is 19.1 Å². The molecular formula is C26H36N4O4. The molecule has 1 aromatic rings. The van der Waals surface area contributed by atoms with Gasteiger partial charge in [-0.3, -0.25) is 24.2 Å². The van der Waals surface area contributed by atoms with Gasteiger partial charge in [0, 0.05) is 45.3 Å². The topological polar surface area (TPSA) is 83.1 Å². The Balaban J connectivity index is 1.37. The van der Waals surface area contributed by atoms with E-state index in [1.807, 2.05) is 30.4 Å². The Morgan fingerprint density at radius 2 is 1.74 bits per heavy atom. The molecule has 2 fully saturated rings. The second-order valence-electron chi connectivity index (χ2n) is 9.49. The van der Waals surface area contributed by atoms with Crippen molar-refractivity contribution in [3.05, 3.63) is 36.5 Å². The first-order valence-electron chi connectivity index (χ1n) is 12.6. The van der Waals surface area contributed by atoms with Gasteiger partial charge in [0.2, 0.25) is 11.8 Å². The molecule has 2 amide bonds. The zero-order valence-corrected chi connectivity index (χ0v) is 20.1. The Morgan fingerprint density at radius 3 is 2.35 bits per heavy atom. The first-order chi connectivity index (χ1) is 16.6. The van der Waals surface area contributed by atoms with Crippen LogP contribution in [-0.2, 0) is 19.1 Å². The number of ether oxygens (including phenoxy) is 1. The molecule has 1 aromatic heterocycles. The Labute approximate surface area is 201 Å². The third kappa shape index (κ3) is 5.84. The van der Waals surface area contributed by atoms with Gasteiger partial charge >= 0.3 is 5.97 Å². The number of aromatic nitrogens is 1. The maximum atomic E-state index is 13.0. The van der Waals surface area contributed by atoms with Gasteiger partial charge in [-0.2, -0.15) is 0 Å². The number of allylic oxidation sites excluding steroid dienone is 2. The molecule has 3 unspecified atom stereocenters. The molecule has 2 saturated heterocycles. The molecule has 3 heterocycles. The fourth-order valence-electron chi connectivity index (χ4n) is 5.14. The van der Waals surface area contributed by atoms with Crippen LogP contribution in [0.25, 0.3) is 0 Å². The summed E-state index contributed by atoms with van der Waals surface area (Å²) in [5, 5.41) is 0. The van der Waals surface area contributed by atoms with Gasteiger partial charge < -0.3 is 9.64 Å². The lowest BCUT2D eigenvalue weighted by molar-refractivity contribution is -0.155. The minimum absolute atomic E-state index is 0.119. The number of hydrogen-bond acceptors (Lipinski definition) is 7. The van der Waals surface area contributed by atoms with Gasteiger partial charge in [0.15, 0.2) is 0 Å². The smallest absolute Gasteiger partial charge is 0.306 e. The van der Waals surface area contributed by atoms with Gasteiger partial charge in [0.1, 0.15) is 11.9 Å². The summed E-state index contributed by atoms with van der Waals surface area (Å²) in [7, 11) is 0. The molecule has 0 N–H and O–H groups in total. The summed E-state index contributed by atoms with van der Waals surface area (Å²) in [5.74, 6) is -0.0485. The van der Waals surface area contributed by atoms with E-state index < -0.39 is 6.10 Å². The molecule has 4 rings (SSSR count). The van der Waals surface area contributed by atoms with Crippen LogP contribution in [0.2, 0.25) is 0 Å². The highest BCUT2D eigenvalue weighted by Crippen LogP contribution is 2.35. The van der Waals surface area contributed by atoms with Crippen LogP contribution in [0.1, 0.15) is 45.4 Å². The van der Waals surface area contributed by atoms with Crippen molar-refractivity contribution in [1.29, 1.82) is 0 Å². The second kappa shape index (κ2) is 11.6. The molecule has 0 aromatic carbocycles. The molecule has 34 heavy (non-hydrogen) atoms. The fraction of sp³-hybridized carbons (Fsp3) is 0.615. The molecule has 1 aliphatic carbocycles. The summed E-state index contributed by atoms with van der Waals surface area (Å²) in [4.78, 5) is 48.8. The van der Waals surface area contributed by atoms with E-state index in [0.717, 1.165) is 51.3 Å². The average molecular weight is 469 g/mol. The van der Waals surface area contributed by atoms with Crippen LogP contribution < -0.4 is 4.90 Å². The Bertz CT molecular complexity index is 856. The summed E-state index contributed by atoms with van der Waals surface area (Å²) in [5.41, 5.74) is 0. The lowest BCUT2D eigenvalue weighted by Gasteiger charge is -2.37. The predicted octanol–water partition coefficient (Wildman–Crippen LogP) is 2.65. The molecule has 184 valence electrons. The summed E-state index contributed by atoms with van der Waals surface area (Å²) >= 11 is 0. The second-order valence-corrected chi connectivity index (χ2v) is 9.49. The van der Waals surface area contributed by atoms with Crippen LogP contribution in [0.3, 0.4) is 0 Å². The van der Waals surface area contributed by atoms with Crippen molar-refractivity contribution in [2.24, 2.45) is 11.8 Å². The van der Waals surface area contributed by atoms with Crippen molar-refractivity contribution in [2.75, 3.05) is 44.2 Å². The predicted molar refractivity (Wildman–Crippen MR) is 129 cm³/mol. The first-order valence-corrected chi connectivity index (χ1v) is 12.6. The number of anilines is 1. The molecule has 2 aliphatic heterocycles. The molecule has 0 radical (unpaired) electrons. The van der Waals surface area contributed by atoms with E-state index in [9.17, 15) is 14.4 Å². The highest BCUT2D eigenvalue weighted by atomic mass is 16.5. The van der Waals surface area contributed by atoms with Crippen molar-refractivity contribution in [2.45, 2.75) is 51.6 Å². The van der Waals surface area contributed by atoms with Gasteiger partial charge in [-0.15, -0.1) is 0 Å². The Morgan fingerprint density at radius 1 is 1.03 bits per heavy atom. The number of likely N-dealkylation sites (tertiary alicyclic amines) is 1. The van der Waals surface area contributed by atoms with Crippen LogP contribution in [0, 0.1) is 11.8 Å². The largest absolute Gasteiger partial charge is 0.459 e. The van der Waals surface area contributed by atoms with Crippen LogP contribution in [0.15, 0.2) is 36.5 Å². The van der Waals surface area contributed by atoms with Crippen LogP contribution in [0.4, 0.5) is 5.82 Å². The van der Waals surface area contributed by atoms with Gasteiger partial charge in [-0.1, -0.05) is 38.0 Å². The number of imide groups is 1. The third-order valence-electron chi connectivity index (χ3n) is 7.08. The summed E-state index contributed by atoms with van der Waals surface area (Å²) < 4.78 is 5.86. The van der Waals surface area contributed by atoms with Crippen LogP contribution >= 0.6 is 0 Å². The lowest BCUT2D eigenvalue weighted by atomic mass is 9.85. The Hall–Kier alpha value is -2.74. The molecule has 3 atom stereocenters. The number of unbranched alkanes of at least 4 members (excludes halogenated alkanes) is 2. The first kappa shape index (κ1) is 24.4. The van der Waals surface area contributed by atoms with E-state index in [1.54, 1.807) is 6.20 Å². The van der Waals surface area contributed by atoms with E-state index in [1.165, 1.54) is 4.90 Å². The summed E-state index contributed by atoms with van der Waals surface area (Å²) in [6, 6.07) is 5.90. The number of nitrogens with zero attached hydrogens (tertiary/aromatic N) is 4. The number of hydrogen-bond donors (Lipinski definition) is 0. The monoisotopic (exact) mass is 468 g/mol. The van der Waals surface area contributed by atoms with E-state index >= 15 is 0 Å². The number of carbonyl (C=O) groups excluding carboxylic acids is 3. The summed E-state index contributed by atoms with van der Waals surface area (Å²) in [6.45, 7) is 6.01. The van der Waals surface area contributed by atoms with Crippen molar-refractivity contribution in [3.63, 3.8) is 0 Å². The number of piperazine rings is 1. The molecule has 8 heteroatoms. The molecule has 8 nitrogen and oxygen atoms in total. The quantitative estimate of drug-likeness (QED) is 0.226. The minimum Gasteiger partial charge on any atom is -0.459 e. The molecule has 0 saturated carbocycles. The standard InChI is InChI=1S/C26H36N4O4/c1-2-3-4-12-24(31)34-20(19-30-25(32)21-9-5-6-10-22(21)26(30)33)18-28-14-16-29(17-15-28)23-11-7-8-13-27-23/h5-8,11,13,20-22H,2-4,9-10,12,14-19H2,1H3. The minimum atomic E-state index is -0.517. The van der Waals surface area contributed by atoms with Crippen LogP contribution in [-0.4, -0.2) is 77.9 Å². The molecule has 0 bridgehead atoms. The third-order valence-corrected chi connectivity index (χ3v) is 7.08. The average Bonchev–Trinajstić information content (AvgIpc) is 3.10. The van der Waals surface area contributed by atoms with E-state index in [0.29, 0.717) is 25.8 Å². The summed E-state index contributed by atoms with van der Waals surface area (Å²) in [6.07, 6.45) is 9.66. The number of amides is 2. The van der Waals surface area contributed by atoms with Crippen LogP contribution in [0.5, 0.6) is 0 Å². The highest BCUT2D eigenvalue weighted by molar-refractivity contribution is 6.05. The number of fused-ring (bicyclic) bond motifs is 1. The van der Waals surface area contributed by atoms with Gasteiger partial charge in [-0.05, 0) is 31.4 Å². The van der Waals surface area contributed by atoms with Gasteiger partial charge in [0.05, 0.1) is 18.4 Å². The zero-order valence-electron chi connectivity index (χ0n) is 20.1. The fourth-order valence-corrected chi connectivity index (χ4v) is 5.14. The number of carbonyl (C=O) groups is 3. The van der Waals surface area contributed by atoms with E-state index in [4.69, 9.17) is 4.74 Å². The maximum Gasteiger partial charge on any atom is 0.306 e. The SMILES string of the molecule is CCCCCC(=O)OC(CN1CCN(c2ccccn2)CC1)CN1C(=O)C2CC=CCC2C1=O. The normalized spacial score (nSPS) is 23.8. The van der Waals surface area contributed by atoms with Crippen molar-refractivity contribution >= 4 is 23.6 Å². The van der Waals surface area contributed by atoms with Gasteiger partial charge in [0.25, 0.3) is 0 Å². The molecular weight excluding hydrogens is 432 g/mol. The highest BCUT2D eigenvalue weighted by Gasteiger charge is 2.48. The van der Waals surface area contributed by atoms with Crippen molar-refractivity contribution in [3.8, 4) is 0 Å². The van der Waals surface area contributed by atoms with E-state index in [2.05, 4.69) is 21.7 Å². The Kier molecular flexibility index (Phi) is 8.32. The van der Waals surface area contributed by atoms with E-state index in [-0.39, 0.29) is 36.2 Å². The lowest BCUT2D eigenvalue weighted by Crippen LogP contribution is -2.51. The zero-order chi connectivity index (χ0) is 23.9. The number of pyridine rings is 1. The van der Waals surface area contributed by atoms with Crippen molar-refractivity contribution in [1.82, 2.24) is 14.8 Å².